The van der Waals surface area contributed by atoms with Crippen LogP contribution in [-0.2, 0) is 16.1 Å². The Balaban J connectivity index is 2.05. The first kappa shape index (κ1) is 19.7. The summed E-state index contributed by atoms with van der Waals surface area (Å²) in [6, 6.07) is 2.54. The van der Waals surface area contributed by atoms with Gasteiger partial charge < -0.3 is 10.6 Å². The summed E-state index contributed by atoms with van der Waals surface area (Å²) in [7, 11) is 0. The lowest BCUT2D eigenvalue weighted by atomic mass is 10.2. The molecule has 0 aliphatic rings. The van der Waals surface area contributed by atoms with E-state index in [1.54, 1.807) is 23.9 Å². The van der Waals surface area contributed by atoms with Crippen molar-refractivity contribution in [3.8, 4) is 0 Å². The molecule has 0 spiro atoms. The summed E-state index contributed by atoms with van der Waals surface area (Å²) in [5, 5.41) is 5.56. The molecule has 0 aliphatic carbocycles. The summed E-state index contributed by atoms with van der Waals surface area (Å²) in [5.41, 5.74) is -0.825. The first-order chi connectivity index (χ1) is 12.4. The van der Waals surface area contributed by atoms with E-state index in [2.05, 4.69) is 20.6 Å². The number of aromatic nitrogens is 3. The van der Waals surface area contributed by atoms with Crippen LogP contribution in [0.15, 0.2) is 27.9 Å². The number of aromatic amines is 1. The van der Waals surface area contributed by atoms with Gasteiger partial charge in [0.15, 0.2) is 0 Å². The molecule has 3 N–H and O–H groups in total. The van der Waals surface area contributed by atoms with Crippen LogP contribution in [0, 0.1) is 0 Å². The predicted molar refractivity (Wildman–Crippen MR) is 100 cm³/mol. The average molecular weight is 379 g/mol. The standard InChI is InChI=1S/C16H21N5O4S/c1-10(22)19-12(5-9-26-2)14(23)18-7-8-21-15(24)11-4-3-6-17-13(11)20-16(21)25/h3-4,6,12H,5,7-9H2,1-2H3,(H,18,23)(H,19,22)(H,17,20,25). The van der Waals surface area contributed by atoms with Crippen LogP contribution in [-0.4, -0.2) is 50.9 Å². The summed E-state index contributed by atoms with van der Waals surface area (Å²) < 4.78 is 1.01. The highest BCUT2D eigenvalue weighted by Gasteiger charge is 2.18. The Labute approximate surface area is 153 Å². The van der Waals surface area contributed by atoms with E-state index in [0.29, 0.717) is 11.8 Å². The first-order valence-electron chi connectivity index (χ1n) is 8.05. The van der Waals surface area contributed by atoms with Gasteiger partial charge in [-0.2, -0.15) is 11.8 Å². The second-order valence-electron chi connectivity index (χ2n) is 5.61. The topological polar surface area (TPSA) is 126 Å². The van der Waals surface area contributed by atoms with Gasteiger partial charge in [0.05, 0.1) is 5.39 Å². The van der Waals surface area contributed by atoms with Gasteiger partial charge in [-0.3, -0.25) is 23.9 Å². The molecule has 2 rings (SSSR count). The molecule has 0 saturated heterocycles. The largest absolute Gasteiger partial charge is 0.353 e. The molecule has 2 aromatic rings. The van der Waals surface area contributed by atoms with Gasteiger partial charge in [-0.1, -0.05) is 0 Å². The third-order valence-corrected chi connectivity index (χ3v) is 4.34. The number of hydrogen-bond donors (Lipinski definition) is 3. The van der Waals surface area contributed by atoms with Crippen LogP contribution in [0.2, 0.25) is 0 Å². The van der Waals surface area contributed by atoms with Crippen molar-refractivity contribution in [2.45, 2.75) is 25.9 Å². The molecule has 2 aromatic heterocycles. The lowest BCUT2D eigenvalue weighted by molar-refractivity contribution is -0.128. The van der Waals surface area contributed by atoms with E-state index in [0.717, 1.165) is 10.3 Å². The minimum atomic E-state index is -0.643. The molecular formula is C16H21N5O4S. The minimum Gasteiger partial charge on any atom is -0.353 e. The summed E-state index contributed by atoms with van der Waals surface area (Å²) in [4.78, 5) is 54.4. The average Bonchev–Trinajstić information content (AvgIpc) is 2.60. The van der Waals surface area contributed by atoms with Gasteiger partial charge in [0.1, 0.15) is 11.7 Å². The summed E-state index contributed by atoms with van der Waals surface area (Å²) in [5.74, 6) is 0.0805. The van der Waals surface area contributed by atoms with Crippen LogP contribution in [0.5, 0.6) is 0 Å². The number of nitrogens with zero attached hydrogens (tertiary/aromatic N) is 2. The molecule has 9 nitrogen and oxygen atoms in total. The van der Waals surface area contributed by atoms with Crippen LogP contribution in [0.25, 0.3) is 11.0 Å². The third-order valence-electron chi connectivity index (χ3n) is 3.69. The second kappa shape index (κ2) is 9.18. The van der Waals surface area contributed by atoms with Crippen LogP contribution in [0.1, 0.15) is 13.3 Å². The molecule has 1 atom stereocenters. The Morgan fingerprint density at radius 3 is 2.85 bits per heavy atom. The number of H-pyrrole nitrogens is 1. The lowest BCUT2D eigenvalue weighted by Crippen LogP contribution is -2.48. The molecule has 0 aliphatic heterocycles. The highest BCUT2D eigenvalue weighted by Crippen LogP contribution is 2.01. The van der Waals surface area contributed by atoms with Crippen LogP contribution < -0.4 is 21.9 Å². The molecule has 0 fully saturated rings. The van der Waals surface area contributed by atoms with Crippen molar-refractivity contribution in [3.63, 3.8) is 0 Å². The molecule has 140 valence electrons. The van der Waals surface area contributed by atoms with Gasteiger partial charge in [0.2, 0.25) is 11.8 Å². The summed E-state index contributed by atoms with van der Waals surface area (Å²) >= 11 is 1.57. The maximum atomic E-state index is 12.4. The Morgan fingerprint density at radius 2 is 2.15 bits per heavy atom. The number of nitrogens with one attached hydrogen (secondary N) is 3. The van der Waals surface area contributed by atoms with E-state index in [1.165, 1.54) is 13.1 Å². The van der Waals surface area contributed by atoms with E-state index < -0.39 is 17.3 Å². The normalized spacial score (nSPS) is 11.9. The molecule has 10 heteroatoms. The fourth-order valence-corrected chi connectivity index (χ4v) is 2.92. The van der Waals surface area contributed by atoms with E-state index in [1.807, 2.05) is 6.26 Å². The fraction of sp³-hybridized carbons (Fsp3) is 0.438. The number of thioether (sulfide) groups is 1. The number of carbonyl (C=O) groups is 2. The number of hydrogen-bond acceptors (Lipinski definition) is 6. The third kappa shape index (κ3) is 4.94. The van der Waals surface area contributed by atoms with Gasteiger partial charge >= 0.3 is 5.69 Å². The van der Waals surface area contributed by atoms with Crippen molar-refractivity contribution in [3.05, 3.63) is 39.2 Å². The second-order valence-corrected chi connectivity index (χ2v) is 6.60. The van der Waals surface area contributed by atoms with E-state index in [-0.39, 0.29) is 30.6 Å². The van der Waals surface area contributed by atoms with E-state index >= 15 is 0 Å². The first-order valence-corrected chi connectivity index (χ1v) is 9.45. The van der Waals surface area contributed by atoms with Gasteiger partial charge in [-0.25, -0.2) is 9.78 Å². The molecule has 0 aromatic carbocycles. The number of carbonyl (C=O) groups excluding carboxylic acids is 2. The van der Waals surface area contributed by atoms with Crippen LogP contribution >= 0.6 is 11.8 Å². The smallest absolute Gasteiger partial charge is 0.330 e. The fourth-order valence-electron chi connectivity index (χ4n) is 2.45. The number of pyridine rings is 1. The van der Waals surface area contributed by atoms with Crippen molar-refractivity contribution in [1.29, 1.82) is 0 Å². The minimum absolute atomic E-state index is 0.0139. The molecule has 0 bridgehead atoms. The predicted octanol–water partition coefficient (Wildman–Crippen LogP) is -0.541. The van der Waals surface area contributed by atoms with Crippen LogP contribution in [0.4, 0.5) is 0 Å². The highest BCUT2D eigenvalue weighted by atomic mass is 32.2. The van der Waals surface area contributed by atoms with Gasteiger partial charge in [-0.15, -0.1) is 0 Å². The lowest BCUT2D eigenvalue weighted by Gasteiger charge is -2.17. The molecular weight excluding hydrogens is 358 g/mol. The van der Waals surface area contributed by atoms with Crippen molar-refractivity contribution in [2.75, 3.05) is 18.6 Å². The zero-order valence-corrected chi connectivity index (χ0v) is 15.4. The highest BCUT2D eigenvalue weighted by molar-refractivity contribution is 7.98. The summed E-state index contributed by atoms with van der Waals surface area (Å²) in [6.07, 6.45) is 3.89. The summed E-state index contributed by atoms with van der Waals surface area (Å²) in [6.45, 7) is 1.45. The van der Waals surface area contributed by atoms with Crippen molar-refractivity contribution >= 4 is 34.6 Å². The Morgan fingerprint density at radius 1 is 1.38 bits per heavy atom. The molecule has 0 radical (unpaired) electrons. The van der Waals surface area contributed by atoms with E-state index in [4.69, 9.17) is 0 Å². The SMILES string of the molecule is CSCCC(NC(C)=O)C(=O)NCCn1c(=O)[nH]c2ncccc2c1=O. The maximum Gasteiger partial charge on any atom is 0.330 e. The number of amides is 2. The van der Waals surface area contributed by atoms with Gasteiger partial charge in [0.25, 0.3) is 5.56 Å². The maximum absolute atomic E-state index is 12.4. The quantitative estimate of drug-likeness (QED) is 0.565. The van der Waals surface area contributed by atoms with E-state index in [9.17, 15) is 19.2 Å². The van der Waals surface area contributed by atoms with Crippen molar-refractivity contribution < 1.29 is 9.59 Å². The van der Waals surface area contributed by atoms with Gasteiger partial charge in [-0.05, 0) is 30.6 Å². The zero-order chi connectivity index (χ0) is 19.1. The molecule has 2 amide bonds. The van der Waals surface area contributed by atoms with Crippen molar-refractivity contribution in [2.24, 2.45) is 0 Å². The number of rotatable bonds is 8. The zero-order valence-electron chi connectivity index (χ0n) is 14.6. The van der Waals surface area contributed by atoms with Crippen molar-refractivity contribution in [1.82, 2.24) is 25.2 Å². The molecule has 1 unspecified atom stereocenters. The number of fused-ring (bicyclic) bond motifs is 1. The Bertz CT molecular complexity index is 907. The van der Waals surface area contributed by atoms with Gasteiger partial charge in [0, 0.05) is 26.2 Å². The molecule has 0 saturated carbocycles. The monoisotopic (exact) mass is 379 g/mol. The van der Waals surface area contributed by atoms with Crippen LogP contribution in [0.3, 0.4) is 0 Å². The molecule has 2 heterocycles. The molecule has 26 heavy (non-hydrogen) atoms. The Hall–Kier alpha value is -2.62. The Kier molecular flexibility index (Phi) is 6.96.